The molecule has 3 rings (SSSR count). The molecule has 2 atom stereocenters. The number of amides is 2. The topological polar surface area (TPSA) is 96.1 Å². The maximum absolute atomic E-state index is 13.6. The van der Waals surface area contributed by atoms with E-state index in [4.69, 9.17) is 4.74 Å². The molecule has 1 heterocycles. The zero-order valence-corrected chi connectivity index (χ0v) is 16.8. The number of hydrogen-bond acceptors (Lipinski definition) is 5. The highest BCUT2D eigenvalue weighted by molar-refractivity contribution is 8.00. The Hall–Kier alpha value is -3.07. The second-order valence-corrected chi connectivity index (χ2v) is 7.65. The van der Waals surface area contributed by atoms with Crippen LogP contribution >= 0.6 is 11.8 Å². The van der Waals surface area contributed by atoms with Crippen LogP contribution in [0.15, 0.2) is 48.5 Å². The summed E-state index contributed by atoms with van der Waals surface area (Å²) in [7, 11) is 0. The average molecular weight is 416 g/mol. The summed E-state index contributed by atoms with van der Waals surface area (Å²) in [6.45, 7) is 3.41. The molecule has 2 aromatic carbocycles. The normalized spacial score (nSPS) is 12.9. The molecule has 0 saturated carbocycles. The van der Waals surface area contributed by atoms with Crippen LogP contribution in [-0.4, -0.2) is 33.6 Å². The molecule has 0 spiro atoms. The van der Waals surface area contributed by atoms with Crippen LogP contribution in [-0.2, 0) is 9.59 Å². The maximum Gasteiger partial charge on any atom is 0.279 e. The third-order valence-corrected chi connectivity index (χ3v) is 5.24. The Morgan fingerprint density at radius 2 is 1.86 bits per heavy atom. The first-order valence-corrected chi connectivity index (χ1v) is 10.0. The Kier molecular flexibility index (Phi) is 6.71. The van der Waals surface area contributed by atoms with E-state index in [1.165, 1.54) is 36.9 Å². The predicted octanol–water partition coefficient (Wildman–Crippen LogP) is 3.11. The molecule has 152 valence electrons. The van der Waals surface area contributed by atoms with Gasteiger partial charge in [0.1, 0.15) is 5.82 Å². The van der Waals surface area contributed by atoms with Crippen LogP contribution in [0.3, 0.4) is 0 Å². The highest BCUT2D eigenvalue weighted by Crippen LogP contribution is 2.27. The van der Waals surface area contributed by atoms with E-state index in [9.17, 15) is 14.0 Å². The number of hydrogen-bond donors (Lipinski definition) is 3. The van der Waals surface area contributed by atoms with Crippen molar-refractivity contribution in [3.63, 3.8) is 0 Å². The highest BCUT2D eigenvalue weighted by atomic mass is 32.2. The van der Waals surface area contributed by atoms with Crippen LogP contribution in [0.2, 0.25) is 0 Å². The second-order valence-electron chi connectivity index (χ2n) is 6.32. The van der Waals surface area contributed by atoms with Crippen molar-refractivity contribution in [2.75, 3.05) is 5.75 Å². The molecule has 3 aromatic rings. The van der Waals surface area contributed by atoms with Gasteiger partial charge in [-0.15, -0.1) is 11.8 Å². The third kappa shape index (κ3) is 5.47. The molecule has 1 aromatic heterocycles. The number of H-pyrrole nitrogens is 1. The third-order valence-electron chi connectivity index (χ3n) is 4.09. The SMILES string of the molecule is C[C@@H](Oc1ccccc1F)C(=O)NNC(=O)CS[C@H](C)c1nc2ccccc2[nH]1. The first-order chi connectivity index (χ1) is 13.9. The zero-order valence-electron chi connectivity index (χ0n) is 15.9. The Morgan fingerprint density at radius 3 is 2.62 bits per heavy atom. The molecule has 2 amide bonds. The van der Waals surface area contributed by atoms with Crippen molar-refractivity contribution in [2.24, 2.45) is 0 Å². The Labute approximate surface area is 171 Å². The summed E-state index contributed by atoms with van der Waals surface area (Å²) in [5.74, 6) is -0.647. The van der Waals surface area contributed by atoms with E-state index < -0.39 is 17.8 Å². The number of imidazole rings is 1. The van der Waals surface area contributed by atoms with Gasteiger partial charge in [0.05, 0.1) is 22.0 Å². The second kappa shape index (κ2) is 9.42. The van der Waals surface area contributed by atoms with Crippen LogP contribution in [0.25, 0.3) is 11.0 Å². The standard InChI is InChI=1S/C20H21FN4O3S/c1-12(28-17-10-6-3-7-14(17)21)20(27)25-24-18(26)11-29-13(2)19-22-15-8-4-5-9-16(15)23-19/h3-10,12-13H,11H2,1-2H3,(H,22,23)(H,24,26)(H,25,27)/t12-,13-/m1/s1. The van der Waals surface area contributed by atoms with Crippen LogP contribution in [0, 0.1) is 5.82 Å². The molecule has 0 radical (unpaired) electrons. The monoisotopic (exact) mass is 416 g/mol. The van der Waals surface area contributed by atoms with Crippen LogP contribution in [0.4, 0.5) is 4.39 Å². The molecule has 0 bridgehead atoms. The molecule has 9 heteroatoms. The molecule has 0 aliphatic heterocycles. The minimum Gasteiger partial charge on any atom is -0.478 e. The minimum atomic E-state index is -0.977. The number of halogens is 1. The van der Waals surface area contributed by atoms with Crippen LogP contribution in [0.1, 0.15) is 24.9 Å². The lowest BCUT2D eigenvalue weighted by Gasteiger charge is -2.15. The summed E-state index contributed by atoms with van der Waals surface area (Å²) in [4.78, 5) is 31.8. The lowest BCUT2D eigenvalue weighted by Crippen LogP contribution is -2.47. The molecule has 0 aliphatic rings. The van der Waals surface area contributed by atoms with E-state index in [0.717, 1.165) is 16.9 Å². The van der Waals surface area contributed by atoms with Crippen LogP contribution in [0.5, 0.6) is 5.75 Å². The first-order valence-electron chi connectivity index (χ1n) is 9.00. The molecule has 0 fully saturated rings. The minimum absolute atomic E-state index is 0.0308. The van der Waals surface area contributed by atoms with Crippen molar-refractivity contribution in [1.29, 1.82) is 0 Å². The van der Waals surface area contributed by atoms with Crippen molar-refractivity contribution in [3.05, 3.63) is 60.2 Å². The van der Waals surface area contributed by atoms with E-state index in [0.29, 0.717) is 0 Å². The molecular weight excluding hydrogens is 395 g/mol. The summed E-state index contributed by atoms with van der Waals surface area (Å²) in [6.07, 6.45) is -0.977. The number of nitrogens with one attached hydrogen (secondary N) is 3. The zero-order chi connectivity index (χ0) is 20.8. The van der Waals surface area contributed by atoms with Gasteiger partial charge in [-0.2, -0.15) is 0 Å². The summed E-state index contributed by atoms with van der Waals surface area (Å²) >= 11 is 1.38. The quantitative estimate of drug-likeness (QED) is 0.515. The maximum atomic E-state index is 13.6. The van der Waals surface area contributed by atoms with Gasteiger partial charge in [0.25, 0.3) is 5.91 Å². The number of para-hydroxylation sites is 3. The van der Waals surface area contributed by atoms with Crippen molar-refractivity contribution < 1.29 is 18.7 Å². The average Bonchev–Trinajstić information content (AvgIpc) is 3.16. The first kappa shape index (κ1) is 20.7. The van der Waals surface area contributed by atoms with Gasteiger partial charge in [-0.05, 0) is 38.1 Å². The van der Waals surface area contributed by atoms with Crippen molar-refractivity contribution in [1.82, 2.24) is 20.8 Å². The highest BCUT2D eigenvalue weighted by Gasteiger charge is 2.18. The number of aromatic amines is 1. The number of fused-ring (bicyclic) bond motifs is 1. The molecule has 7 nitrogen and oxygen atoms in total. The summed E-state index contributed by atoms with van der Waals surface area (Å²) < 4.78 is 18.8. The smallest absolute Gasteiger partial charge is 0.279 e. The number of nitrogens with zero attached hydrogens (tertiary/aromatic N) is 1. The predicted molar refractivity (Wildman–Crippen MR) is 110 cm³/mol. The summed E-state index contributed by atoms with van der Waals surface area (Å²) in [6, 6.07) is 13.5. The fourth-order valence-electron chi connectivity index (χ4n) is 2.50. The number of aromatic nitrogens is 2. The van der Waals surface area contributed by atoms with E-state index in [2.05, 4.69) is 20.8 Å². The van der Waals surface area contributed by atoms with E-state index in [1.54, 1.807) is 6.07 Å². The number of benzene rings is 2. The van der Waals surface area contributed by atoms with Crippen molar-refractivity contribution >= 4 is 34.6 Å². The van der Waals surface area contributed by atoms with Gasteiger partial charge in [0, 0.05) is 0 Å². The van der Waals surface area contributed by atoms with Gasteiger partial charge in [-0.3, -0.25) is 20.4 Å². The van der Waals surface area contributed by atoms with Crippen molar-refractivity contribution in [2.45, 2.75) is 25.2 Å². The molecule has 0 unspecified atom stereocenters. The van der Waals surface area contributed by atoms with Gasteiger partial charge < -0.3 is 9.72 Å². The number of hydrazine groups is 1. The van der Waals surface area contributed by atoms with E-state index in [1.807, 2.05) is 31.2 Å². The van der Waals surface area contributed by atoms with Crippen LogP contribution < -0.4 is 15.6 Å². The number of carbonyl (C=O) groups is 2. The lowest BCUT2D eigenvalue weighted by atomic mass is 10.3. The number of ether oxygens (including phenoxy) is 1. The fraction of sp³-hybridized carbons (Fsp3) is 0.250. The van der Waals surface area contributed by atoms with Crippen molar-refractivity contribution in [3.8, 4) is 5.75 Å². The van der Waals surface area contributed by atoms with Gasteiger partial charge in [0.15, 0.2) is 17.7 Å². The van der Waals surface area contributed by atoms with E-state index in [-0.39, 0.29) is 22.7 Å². The molecule has 0 aliphatic carbocycles. The molecule has 29 heavy (non-hydrogen) atoms. The summed E-state index contributed by atoms with van der Waals surface area (Å²) in [5.41, 5.74) is 6.43. The van der Waals surface area contributed by atoms with E-state index >= 15 is 0 Å². The van der Waals surface area contributed by atoms with Gasteiger partial charge in [0.2, 0.25) is 5.91 Å². The molecular formula is C20H21FN4O3S. The number of carbonyl (C=O) groups excluding carboxylic acids is 2. The van der Waals surface area contributed by atoms with Gasteiger partial charge in [-0.1, -0.05) is 24.3 Å². The molecule has 3 N–H and O–H groups in total. The van der Waals surface area contributed by atoms with Gasteiger partial charge in [-0.25, -0.2) is 9.37 Å². The van der Waals surface area contributed by atoms with Gasteiger partial charge >= 0.3 is 0 Å². The summed E-state index contributed by atoms with van der Waals surface area (Å²) in [5, 5.41) is -0.0350. The Balaban J connectivity index is 1.43. The number of thioether (sulfide) groups is 1. The largest absolute Gasteiger partial charge is 0.478 e. The number of rotatable bonds is 7. The Bertz CT molecular complexity index is 977. The fourth-order valence-corrected chi connectivity index (χ4v) is 3.24. The molecule has 0 saturated heterocycles. The lowest BCUT2D eigenvalue weighted by molar-refractivity contribution is -0.132. The Morgan fingerprint density at radius 1 is 1.14 bits per heavy atom.